The highest BCUT2D eigenvalue weighted by Gasteiger charge is 2.48. The molecule has 0 spiro atoms. The Balaban J connectivity index is 1.51. The molecule has 0 saturated heterocycles. The number of hydrogen-bond acceptors (Lipinski definition) is 5. The maximum Gasteiger partial charge on any atom is 0.273 e. The van der Waals surface area contributed by atoms with Gasteiger partial charge >= 0.3 is 0 Å². The quantitative estimate of drug-likeness (QED) is 0.498. The highest BCUT2D eigenvalue weighted by molar-refractivity contribution is 7.13. The van der Waals surface area contributed by atoms with Crippen LogP contribution in [0.25, 0.3) is 10.6 Å². The van der Waals surface area contributed by atoms with Crippen molar-refractivity contribution in [1.29, 1.82) is 0 Å². The van der Waals surface area contributed by atoms with E-state index >= 15 is 0 Å². The summed E-state index contributed by atoms with van der Waals surface area (Å²) >= 11 is 1.58. The van der Waals surface area contributed by atoms with E-state index < -0.39 is 5.54 Å². The second-order valence-corrected chi connectivity index (χ2v) is 10.6. The molecule has 8 heteroatoms. The number of carbonyl (C=O) groups is 2. The van der Waals surface area contributed by atoms with Crippen LogP contribution in [0.15, 0.2) is 47.8 Å². The molecule has 1 aromatic carbocycles. The van der Waals surface area contributed by atoms with Gasteiger partial charge in [0.15, 0.2) is 0 Å². The van der Waals surface area contributed by atoms with Crippen molar-refractivity contribution in [2.24, 2.45) is 0 Å². The van der Waals surface area contributed by atoms with E-state index in [2.05, 4.69) is 5.32 Å². The molecule has 3 aromatic rings. The van der Waals surface area contributed by atoms with Crippen molar-refractivity contribution in [3.63, 3.8) is 0 Å². The van der Waals surface area contributed by atoms with Crippen LogP contribution in [-0.2, 0) is 17.9 Å². The zero-order chi connectivity index (χ0) is 24.4. The molecule has 0 bridgehead atoms. The van der Waals surface area contributed by atoms with Gasteiger partial charge in [-0.15, -0.1) is 11.3 Å². The zero-order valence-corrected chi connectivity index (χ0v) is 21.1. The van der Waals surface area contributed by atoms with Gasteiger partial charge in [0.05, 0.1) is 25.1 Å². The van der Waals surface area contributed by atoms with Gasteiger partial charge in [0, 0.05) is 11.6 Å². The van der Waals surface area contributed by atoms with Crippen molar-refractivity contribution in [2.75, 3.05) is 7.11 Å². The predicted molar refractivity (Wildman–Crippen MR) is 136 cm³/mol. The molecule has 184 valence electrons. The highest BCUT2D eigenvalue weighted by atomic mass is 32.1. The molecule has 2 amide bonds. The molecule has 2 aromatic heterocycles. The average molecular weight is 493 g/mol. The fourth-order valence-corrected chi connectivity index (χ4v) is 5.88. The van der Waals surface area contributed by atoms with E-state index in [4.69, 9.17) is 9.84 Å². The molecular formula is C27H32N4O3S. The van der Waals surface area contributed by atoms with E-state index in [1.807, 2.05) is 54.8 Å². The van der Waals surface area contributed by atoms with Crippen LogP contribution in [0.1, 0.15) is 61.5 Å². The molecule has 5 rings (SSSR count). The summed E-state index contributed by atoms with van der Waals surface area (Å²) in [5.41, 5.74) is 1.04. The van der Waals surface area contributed by atoms with E-state index in [9.17, 15) is 9.59 Å². The molecule has 1 fully saturated rings. The average Bonchev–Trinajstić information content (AvgIpc) is 3.47. The number of para-hydroxylation sites is 1. The third kappa shape index (κ3) is 4.59. The summed E-state index contributed by atoms with van der Waals surface area (Å²) in [6, 6.07) is 13.6. The molecule has 7 nitrogen and oxygen atoms in total. The third-order valence-corrected chi connectivity index (χ3v) is 8.16. The Morgan fingerprint density at radius 2 is 1.94 bits per heavy atom. The molecule has 1 saturated carbocycles. The number of rotatable bonds is 6. The van der Waals surface area contributed by atoms with E-state index in [0.29, 0.717) is 18.0 Å². The number of benzene rings is 1. The lowest BCUT2D eigenvalue weighted by Gasteiger charge is -2.44. The number of methoxy groups -OCH3 is 1. The van der Waals surface area contributed by atoms with Crippen LogP contribution in [0.2, 0.25) is 0 Å². The van der Waals surface area contributed by atoms with E-state index in [-0.39, 0.29) is 24.4 Å². The van der Waals surface area contributed by atoms with Gasteiger partial charge in [-0.05, 0) is 43.3 Å². The van der Waals surface area contributed by atoms with E-state index in [1.54, 1.807) is 28.0 Å². The van der Waals surface area contributed by atoms with Crippen LogP contribution in [0.3, 0.4) is 0 Å². The first kappa shape index (κ1) is 23.6. The van der Waals surface area contributed by atoms with Crippen molar-refractivity contribution in [2.45, 2.75) is 70.1 Å². The fraction of sp³-hybridized carbons (Fsp3) is 0.444. The fourth-order valence-electron chi connectivity index (χ4n) is 5.20. The van der Waals surface area contributed by atoms with Gasteiger partial charge in [-0.25, -0.2) is 0 Å². The topological polar surface area (TPSA) is 76.5 Å². The van der Waals surface area contributed by atoms with Crippen LogP contribution in [0, 0.1) is 0 Å². The second-order valence-electron chi connectivity index (χ2n) is 9.69. The van der Waals surface area contributed by atoms with Gasteiger partial charge in [0.25, 0.3) is 5.91 Å². The number of ether oxygens (including phenoxy) is 1. The lowest BCUT2D eigenvalue weighted by molar-refractivity contribution is -0.134. The number of amides is 2. The Morgan fingerprint density at radius 3 is 2.66 bits per heavy atom. The van der Waals surface area contributed by atoms with Crippen LogP contribution in [-0.4, -0.2) is 45.2 Å². The summed E-state index contributed by atoms with van der Waals surface area (Å²) in [5.74, 6) is 0.382. The van der Waals surface area contributed by atoms with E-state index in [1.165, 1.54) is 12.8 Å². The SMILES string of the molecule is COc1ccccc1CN1C(=O)c2cc(-c3cccs3)nn2C[C@@]1(C)C(=O)NC1CCCCCC1. The maximum absolute atomic E-state index is 13.9. The van der Waals surface area contributed by atoms with Crippen molar-refractivity contribution in [3.05, 3.63) is 59.1 Å². The van der Waals surface area contributed by atoms with Crippen LogP contribution < -0.4 is 10.1 Å². The van der Waals surface area contributed by atoms with Gasteiger partial charge in [0.2, 0.25) is 5.91 Å². The standard InChI is InChI=1S/C27H32N4O3S/c1-27(26(33)28-20-11-5-3-4-6-12-20)18-31-22(16-21(29-31)24-14-9-15-35-24)25(32)30(27)17-19-10-7-8-13-23(19)34-2/h7-10,13-16,20H,3-6,11-12,17-18H2,1-2H3,(H,28,33)/t27-/m0/s1. The normalized spacial score (nSPS) is 20.9. The van der Waals surface area contributed by atoms with Crippen LogP contribution in [0.5, 0.6) is 5.75 Å². The Morgan fingerprint density at radius 1 is 1.17 bits per heavy atom. The van der Waals surface area contributed by atoms with Crippen molar-refractivity contribution in [1.82, 2.24) is 20.0 Å². The summed E-state index contributed by atoms with van der Waals surface area (Å²) in [5, 5.41) is 10.0. The molecule has 3 heterocycles. The number of nitrogens with one attached hydrogen (secondary N) is 1. The minimum atomic E-state index is -1.09. The van der Waals surface area contributed by atoms with Crippen molar-refractivity contribution < 1.29 is 14.3 Å². The molecule has 1 aliphatic heterocycles. The summed E-state index contributed by atoms with van der Waals surface area (Å²) < 4.78 is 7.27. The molecule has 1 N–H and O–H groups in total. The van der Waals surface area contributed by atoms with Gasteiger partial charge in [-0.1, -0.05) is 49.9 Å². The first-order valence-corrected chi connectivity index (χ1v) is 13.2. The highest BCUT2D eigenvalue weighted by Crippen LogP contribution is 2.34. The van der Waals surface area contributed by atoms with Gasteiger partial charge < -0.3 is 15.0 Å². The van der Waals surface area contributed by atoms with Crippen molar-refractivity contribution in [3.8, 4) is 16.3 Å². The maximum atomic E-state index is 13.9. The molecular weight excluding hydrogens is 460 g/mol. The Labute approximate surface area is 210 Å². The van der Waals surface area contributed by atoms with E-state index in [0.717, 1.165) is 41.8 Å². The third-order valence-electron chi connectivity index (χ3n) is 7.27. The zero-order valence-electron chi connectivity index (χ0n) is 20.3. The minimum Gasteiger partial charge on any atom is -0.496 e. The van der Waals surface area contributed by atoms with Gasteiger partial charge in [0.1, 0.15) is 22.7 Å². The molecule has 0 unspecified atom stereocenters. The number of hydrogen-bond donors (Lipinski definition) is 1. The summed E-state index contributed by atoms with van der Waals surface area (Å²) in [6.07, 6.45) is 6.64. The number of nitrogens with zero attached hydrogens (tertiary/aromatic N) is 3. The summed E-state index contributed by atoms with van der Waals surface area (Å²) in [4.78, 5) is 30.5. The summed E-state index contributed by atoms with van der Waals surface area (Å²) in [7, 11) is 1.62. The lowest BCUT2D eigenvalue weighted by atomic mass is 9.93. The largest absolute Gasteiger partial charge is 0.496 e. The number of carbonyl (C=O) groups excluding carboxylic acids is 2. The number of fused-ring (bicyclic) bond motifs is 1. The van der Waals surface area contributed by atoms with Crippen LogP contribution >= 0.6 is 11.3 Å². The number of thiophene rings is 1. The second kappa shape index (κ2) is 9.85. The lowest BCUT2D eigenvalue weighted by Crippen LogP contribution is -2.64. The predicted octanol–water partition coefficient (Wildman–Crippen LogP) is 4.87. The molecule has 1 atom stereocenters. The molecule has 1 aliphatic carbocycles. The number of aromatic nitrogens is 2. The Hall–Kier alpha value is -3.13. The van der Waals surface area contributed by atoms with Crippen LogP contribution in [0.4, 0.5) is 0 Å². The van der Waals surface area contributed by atoms with Crippen molar-refractivity contribution >= 4 is 23.2 Å². The first-order chi connectivity index (χ1) is 17.0. The molecule has 0 radical (unpaired) electrons. The van der Waals surface area contributed by atoms with Gasteiger partial charge in [-0.2, -0.15) is 5.10 Å². The minimum absolute atomic E-state index is 0.119. The Bertz CT molecular complexity index is 1200. The molecule has 2 aliphatic rings. The summed E-state index contributed by atoms with van der Waals surface area (Å²) in [6.45, 7) is 2.44. The monoisotopic (exact) mass is 492 g/mol. The van der Waals surface area contributed by atoms with Gasteiger partial charge in [-0.3, -0.25) is 14.3 Å². The first-order valence-electron chi connectivity index (χ1n) is 12.4. The Kier molecular flexibility index (Phi) is 6.65. The molecule has 35 heavy (non-hydrogen) atoms. The smallest absolute Gasteiger partial charge is 0.273 e.